The summed E-state index contributed by atoms with van der Waals surface area (Å²) < 4.78 is 16.1. The normalized spacial score (nSPS) is 14.3. The molecule has 10 heteroatoms. The van der Waals surface area contributed by atoms with Gasteiger partial charge in [-0.15, -0.1) is 11.3 Å². The lowest BCUT2D eigenvalue weighted by Gasteiger charge is -2.15. The molecule has 7 heterocycles. The van der Waals surface area contributed by atoms with Crippen molar-refractivity contribution in [1.82, 2.24) is 40.0 Å². The van der Waals surface area contributed by atoms with E-state index < -0.39 is 5.82 Å². The van der Waals surface area contributed by atoms with Crippen molar-refractivity contribution in [1.29, 1.82) is 0 Å². The fourth-order valence-electron chi connectivity index (χ4n) is 5.04. The van der Waals surface area contributed by atoms with Crippen molar-refractivity contribution < 1.29 is 4.39 Å². The number of fused-ring (bicyclic) bond motifs is 2. The van der Waals surface area contributed by atoms with E-state index in [2.05, 4.69) is 48.0 Å². The first-order valence-electron chi connectivity index (χ1n) is 12.2. The van der Waals surface area contributed by atoms with Crippen LogP contribution in [0.4, 0.5) is 4.39 Å². The molecule has 1 aliphatic rings. The number of hydrogen-bond acceptors (Lipinski definition) is 7. The van der Waals surface area contributed by atoms with Gasteiger partial charge in [0.25, 0.3) is 0 Å². The van der Waals surface area contributed by atoms with Crippen molar-refractivity contribution in [2.75, 3.05) is 13.1 Å². The van der Waals surface area contributed by atoms with E-state index in [0.717, 1.165) is 46.8 Å². The summed E-state index contributed by atoms with van der Waals surface area (Å²) in [6, 6.07) is 7.97. The Morgan fingerprint density at radius 3 is 2.78 bits per heavy atom. The van der Waals surface area contributed by atoms with Gasteiger partial charge in [-0.25, -0.2) is 14.4 Å². The smallest absolute Gasteiger partial charge is 0.159 e. The molecule has 0 radical (unpaired) electrons. The lowest BCUT2D eigenvalue weighted by molar-refractivity contribution is 0.331. The summed E-state index contributed by atoms with van der Waals surface area (Å²) in [6.45, 7) is 5.05. The molecule has 8 nitrogen and oxygen atoms in total. The molecule has 184 valence electrons. The summed E-state index contributed by atoms with van der Waals surface area (Å²) in [7, 11) is 0. The minimum absolute atomic E-state index is 0.294. The van der Waals surface area contributed by atoms with E-state index in [1.54, 1.807) is 23.7 Å². The summed E-state index contributed by atoms with van der Waals surface area (Å²) >= 11 is 1.66. The Kier molecular flexibility index (Phi) is 5.29. The Bertz CT molecular complexity index is 1760. The van der Waals surface area contributed by atoms with Gasteiger partial charge in [-0.05, 0) is 62.7 Å². The fourth-order valence-corrected chi connectivity index (χ4v) is 5.90. The Hall–Kier alpha value is -4.02. The predicted molar refractivity (Wildman–Crippen MR) is 143 cm³/mol. The third-order valence-electron chi connectivity index (χ3n) is 6.84. The van der Waals surface area contributed by atoms with Crippen molar-refractivity contribution in [3.63, 3.8) is 0 Å². The zero-order chi connectivity index (χ0) is 24.9. The van der Waals surface area contributed by atoms with Crippen LogP contribution in [0.3, 0.4) is 0 Å². The summed E-state index contributed by atoms with van der Waals surface area (Å²) in [5.41, 5.74) is 5.21. The molecule has 0 amide bonds. The van der Waals surface area contributed by atoms with Gasteiger partial charge >= 0.3 is 0 Å². The maximum Gasteiger partial charge on any atom is 0.159 e. The number of nitrogens with one attached hydrogen (secondary N) is 2. The number of aryl methyl sites for hydroxylation is 1. The molecule has 2 N–H and O–H groups in total. The largest absolute Gasteiger partial charge is 0.336 e. The number of thiophene rings is 1. The second-order valence-corrected chi connectivity index (χ2v) is 10.7. The van der Waals surface area contributed by atoms with Gasteiger partial charge in [0, 0.05) is 47.3 Å². The molecule has 6 aromatic heterocycles. The number of halogens is 1. The van der Waals surface area contributed by atoms with Gasteiger partial charge in [0.15, 0.2) is 11.5 Å². The second kappa shape index (κ2) is 8.82. The van der Waals surface area contributed by atoms with Crippen molar-refractivity contribution in [2.24, 2.45) is 0 Å². The lowest BCUT2D eigenvalue weighted by atomic mass is 10.0. The van der Waals surface area contributed by atoms with Crippen LogP contribution < -0.4 is 0 Å². The first-order chi connectivity index (χ1) is 18.1. The van der Waals surface area contributed by atoms with E-state index >= 15 is 4.39 Å². The quantitative estimate of drug-likeness (QED) is 0.307. The van der Waals surface area contributed by atoms with Gasteiger partial charge in [0.1, 0.15) is 22.7 Å². The van der Waals surface area contributed by atoms with E-state index in [4.69, 9.17) is 4.98 Å². The summed E-state index contributed by atoms with van der Waals surface area (Å²) in [5, 5.41) is 7.54. The third-order valence-corrected chi connectivity index (χ3v) is 7.84. The van der Waals surface area contributed by atoms with E-state index in [1.165, 1.54) is 23.9 Å². The van der Waals surface area contributed by atoms with Crippen LogP contribution in [0.15, 0.2) is 49.1 Å². The zero-order valence-electron chi connectivity index (χ0n) is 20.1. The van der Waals surface area contributed by atoms with Crippen molar-refractivity contribution >= 4 is 33.4 Å². The molecule has 1 aliphatic heterocycles. The number of aromatic amines is 2. The van der Waals surface area contributed by atoms with E-state index in [0.29, 0.717) is 33.7 Å². The van der Waals surface area contributed by atoms with Gasteiger partial charge in [0.05, 0.1) is 15.8 Å². The molecule has 0 bridgehead atoms. The molecule has 0 unspecified atom stereocenters. The Morgan fingerprint density at radius 2 is 1.95 bits per heavy atom. The van der Waals surface area contributed by atoms with E-state index in [1.807, 2.05) is 24.4 Å². The monoisotopic (exact) mass is 510 g/mol. The molecule has 7 rings (SSSR count). The number of nitrogens with zero attached hydrogens (tertiary/aromatic N) is 6. The maximum absolute atomic E-state index is 16.1. The number of rotatable bonds is 5. The molecule has 0 aromatic carbocycles. The third kappa shape index (κ3) is 3.89. The highest BCUT2D eigenvalue weighted by Gasteiger charge is 2.22. The second-order valence-electron chi connectivity index (χ2n) is 9.40. The van der Waals surface area contributed by atoms with Crippen LogP contribution in [0.1, 0.15) is 23.3 Å². The first-order valence-corrected chi connectivity index (χ1v) is 13.1. The van der Waals surface area contributed by atoms with Crippen LogP contribution in [0.25, 0.3) is 55.3 Å². The molecule has 37 heavy (non-hydrogen) atoms. The molecule has 1 saturated heterocycles. The molecule has 0 saturated carbocycles. The summed E-state index contributed by atoms with van der Waals surface area (Å²) in [4.78, 5) is 26.2. The van der Waals surface area contributed by atoms with Crippen molar-refractivity contribution in [3.05, 3.63) is 65.3 Å². The lowest BCUT2D eigenvalue weighted by Crippen LogP contribution is -2.18. The van der Waals surface area contributed by atoms with Crippen LogP contribution in [0.2, 0.25) is 0 Å². The van der Waals surface area contributed by atoms with Gasteiger partial charge < -0.3 is 4.98 Å². The number of pyridine rings is 3. The minimum Gasteiger partial charge on any atom is -0.336 e. The topological polar surface area (TPSA) is 99.3 Å². The van der Waals surface area contributed by atoms with Crippen LogP contribution in [0, 0.1) is 12.7 Å². The van der Waals surface area contributed by atoms with Gasteiger partial charge in [-0.3, -0.25) is 20.0 Å². The molecule has 0 atom stereocenters. The van der Waals surface area contributed by atoms with Crippen LogP contribution in [-0.4, -0.2) is 53.1 Å². The number of H-pyrrole nitrogens is 2. The van der Waals surface area contributed by atoms with Crippen LogP contribution in [0.5, 0.6) is 0 Å². The van der Waals surface area contributed by atoms with Gasteiger partial charge in [-0.2, -0.15) is 5.10 Å². The molecule has 0 spiro atoms. The first kappa shape index (κ1) is 22.2. The molecule has 6 aromatic rings. The highest BCUT2D eigenvalue weighted by atomic mass is 32.1. The predicted octanol–water partition coefficient (Wildman–Crippen LogP) is 5.73. The van der Waals surface area contributed by atoms with E-state index in [9.17, 15) is 0 Å². The van der Waals surface area contributed by atoms with Crippen molar-refractivity contribution in [2.45, 2.75) is 26.3 Å². The molecule has 0 aliphatic carbocycles. The number of aromatic nitrogens is 7. The summed E-state index contributed by atoms with van der Waals surface area (Å²) in [6.07, 6.45) is 9.26. The highest BCUT2D eigenvalue weighted by Crippen LogP contribution is 2.35. The molecular weight excluding hydrogens is 487 g/mol. The highest BCUT2D eigenvalue weighted by molar-refractivity contribution is 7.15. The standard InChI is InChI=1S/C27H23FN8S/c1-15-4-5-20(37-15)24-23-19(6-7-30-24)32-27(33-23)25-21-22(28)18(13-31-26(21)35-34-25)17-10-16(11-29-12-17)14-36-8-2-3-9-36/h4-7,10-13H,2-3,8-9,14H2,1H3,(H,32,33)(H,31,34,35). The Morgan fingerprint density at radius 1 is 1.05 bits per heavy atom. The maximum atomic E-state index is 16.1. The zero-order valence-corrected chi connectivity index (χ0v) is 20.9. The van der Waals surface area contributed by atoms with Gasteiger partial charge in [0.2, 0.25) is 0 Å². The minimum atomic E-state index is -0.401. The molecular formula is C27H23FN8S. The number of likely N-dealkylation sites (tertiary alicyclic amines) is 1. The number of imidazole rings is 1. The van der Waals surface area contributed by atoms with Gasteiger partial charge in [-0.1, -0.05) is 0 Å². The SMILES string of the molecule is Cc1ccc(-c2nccc3[nH]c(-c4n[nH]c5ncc(-c6cncc(CN7CCCC7)c6)c(F)c45)nc23)s1. The average molecular weight is 511 g/mol. The van der Waals surface area contributed by atoms with Crippen LogP contribution >= 0.6 is 11.3 Å². The van der Waals surface area contributed by atoms with Crippen molar-refractivity contribution in [3.8, 4) is 33.2 Å². The Balaban J connectivity index is 1.31. The summed E-state index contributed by atoms with van der Waals surface area (Å²) in [5.74, 6) is 0.0593. The average Bonchev–Trinajstić information content (AvgIpc) is 3.70. The van der Waals surface area contributed by atoms with E-state index in [-0.39, 0.29) is 0 Å². The van der Waals surface area contributed by atoms with Crippen LogP contribution in [-0.2, 0) is 6.54 Å². The molecule has 1 fully saturated rings. The Labute approximate surface area is 215 Å². The fraction of sp³-hybridized carbons (Fsp3) is 0.222. The number of hydrogen-bond donors (Lipinski definition) is 2.